The fraction of sp³-hybridized carbons (Fsp3) is 0.423. The SMILES string of the molecule is CC(C)c1ccc([C@@H](NC(=O)[C@@H]2C[C@@H](F)CN2C(=O)CN2C=C(N(C)C)NN2)c2ccccc2)nc1. The van der Waals surface area contributed by atoms with Gasteiger partial charge in [0.15, 0.2) is 0 Å². The Morgan fingerprint density at radius 1 is 1.17 bits per heavy atom. The Bertz CT molecular complexity index is 1090. The number of nitrogens with zero attached hydrogens (tertiary/aromatic N) is 4. The molecule has 36 heavy (non-hydrogen) atoms. The van der Waals surface area contributed by atoms with Crippen molar-refractivity contribution in [2.75, 3.05) is 27.2 Å². The van der Waals surface area contributed by atoms with E-state index >= 15 is 0 Å². The predicted octanol–water partition coefficient (Wildman–Crippen LogP) is 2.03. The lowest BCUT2D eigenvalue weighted by molar-refractivity contribution is -0.139. The van der Waals surface area contributed by atoms with Crippen molar-refractivity contribution in [3.63, 3.8) is 0 Å². The van der Waals surface area contributed by atoms with E-state index in [2.05, 4.69) is 35.1 Å². The van der Waals surface area contributed by atoms with E-state index in [0.29, 0.717) is 11.6 Å². The Kier molecular flexibility index (Phi) is 7.73. The number of carbonyl (C=O) groups is 2. The number of halogens is 1. The highest BCUT2D eigenvalue weighted by atomic mass is 19.1. The van der Waals surface area contributed by atoms with E-state index in [1.54, 1.807) is 11.2 Å². The van der Waals surface area contributed by atoms with Crippen LogP contribution >= 0.6 is 0 Å². The molecule has 0 spiro atoms. The Hall–Kier alpha value is -3.66. The van der Waals surface area contributed by atoms with Gasteiger partial charge in [-0.1, -0.05) is 50.2 Å². The minimum Gasteiger partial charge on any atom is -0.362 e. The van der Waals surface area contributed by atoms with E-state index in [4.69, 9.17) is 0 Å². The number of amides is 2. The quantitative estimate of drug-likeness (QED) is 0.516. The van der Waals surface area contributed by atoms with Crippen LogP contribution in [0.3, 0.4) is 0 Å². The minimum atomic E-state index is -1.26. The van der Waals surface area contributed by atoms with Crippen molar-refractivity contribution in [2.24, 2.45) is 0 Å². The molecular weight excluding hydrogens is 461 g/mol. The summed E-state index contributed by atoms with van der Waals surface area (Å²) >= 11 is 0. The highest BCUT2D eigenvalue weighted by molar-refractivity contribution is 5.89. The number of hydrogen-bond donors (Lipinski definition) is 3. The first kappa shape index (κ1) is 25.4. The zero-order valence-corrected chi connectivity index (χ0v) is 21.1. The van der Waals surface area contributed by atoms with Gasteiger partial charge in [-0.2, -0.15) is 0 Å². The number of benzene rings is 1. The molecule has 2 aliphatic rings. The molecule has 3 atom stereocenters. The van der Waals surface area contributed by atoms with Crippen LogP contribution in [0, 0.1) is 0 Å². The second kappa shape index (κ2) is 10.9. The molecule has 0 saturated carbocycles. The summed E-state index contributed by atoms with van der Waals surface area (Å²) in [6, 6.07) is 12.0. The number of pyridine rings is 1. The van der Waals surface area contributed by atoms with Crippen LogP contribution < -0.4 is 16.3 Å². The van der Waals surface area contributed by atoms with Crippen LogP contribution in [-0.4, -0.2) is 71.0 Å². The second-order valence-electron chi connectivity index (χ2n) is 9.69. The van der Waals surface area contributed by atoms with E-state index in [1.165, 1.54) is 4.90 Å². The maximum atomic E-state index is 14.5. The molecule has 3 N–H and O–H groups in total. The Labute approximate surface area is 211 Å². The van der Waals surface area contributed by atoms with Crippen molar-refractivity contribution in [3.8, 4) is 0 Å². The summed E-state index contributed by atoms with van der Waals surface area (Å²) in [4.78, 5) is 34.3. The van der Waals surface area contributed by atoms with Gasteiger partial charge in [0.05, 0.1) is 24.5 Å². The predicted molar refractivity (Wildman–Crippen MR) is 135 cm³/mol. The van der Waals surface area contributed by atoms with Gasteiger partial charge in [-0.05, 0) is 23.1 Å². The van der Waals surface area contributed by atoms with E-state index in [0.717, 1.165) is 16.9 Å². The first-order valence-electron chi connectivity index (χ1n) is 12.1. The van der Waals surface area contributed by atoms with Gasteiger partial charge >= 0.3 is 0 Å². The van der Waals surface area contributed by atoms with Gasteiger partial charge in [-0.25, -0.2) is 4.39 Å². The third-order valence-electron chi connectivity index (χ3n) is 6.46. The van der Waals surface area contributed by atoms with E-state index in [1.807, 2.05) is 67.7 Å². The first-order chi connectivity index (χ1) is 17.2. The summed E-state index contributed by atoms with van der Waals surface area (Å²) in [5.74, 6) is 0.379. The lowest BCUT2D eigenvalue weighted by atomic mass is 10.00. The van der Waals surface area contributed by atoms with Crippen molar-refractivity contribution >= 4 is 11.8 Å². The summed E-state index contributed by atoms with van der Waals surface area (Å²) < 4.78 is 14.5. The molecule has 9 nitrogen and oxygen atoms in total. The highest BCUT2D eigenvalue weighted by Gasteiger charge is 2.41. The Morgan fingerprint density at radius 3 is 2.53 bits per heavy atom. The maximum Gasteiger partial charge on any atom is 0.244 e. The molecule has 2 aliphatic heterocycles. The summed E-state index contributed by atoms with van der Waals surface area (Å²) in [5, 5.41) is 4.61. The summed E-state index contributed by atoms with van der Waals surface area (Å²) in [6.45, 7) is 4.04. The zero-order valence-electron chi connectivity index (χ0n) is 21.1. The number of aromatic nitrogens is 1. The van der Waals surface area contributed by atoms with Crippen LogP contribution in [0.5, 0.6) is 0 Å². The molecule has 0 unspecified atom stereocenters. The molecule has 4 rings (SSSR count). The van der Waals surface area contributed by atoms with Crippen molar-refractivity contribution in [3.05, 3.63) is 77.5 Å². The summed E-state index contributed by atoms with van der Waals surface area (Å²) in [5.41, 5.74) is 8.47. The third-order valence-corrected chi connectivity index (χ3v) is 6.46. The van der Waals surface area contributed by atoms with Crippen LogP contribution in [0.25, 0.3) is 0 Å². The second-order valence-corrected chi connectivity index (χ2v) is 9.69. The first-order valence-corrected chi connectivity index (χ1v) is 12.1. The molecule has 1 saturated heterocycles. The van der Waals surface area contributed by atoms with Crippen LogP contribution in [0.1, 0.15) is 49.0 Å². The number of rotatable bonds is 8. The van der Waals surface area contributed by atoms with Gasteiger partial charge in [0.25, 0.3) is 0 Å². The monoisotopic (exact) mass is 495 g/mol. The fourth-order valence-corrected chi connectivity index (χ4v) is 4.34. The molecule has 1 fully saturated rings. The van der Waals surface area contributed by atoms with Gasteiger partial charge < -0.3 is 15.1 Å². The number of hydrogen-bond acceptors (Lipinski definition) is 7. The lowest BCUT2D eigenvalue weighted by Crippen LogP contribution is -2.51. The fourth-order valence-electron chi connectivity index (χ4n) is 4.34. The molecule has 1 aromatic heterocycles. The standard InChI is InChI=1S/C26H34FN7O2/c1-17(2)19-10-11-21(28-13-19)25(18-8-6-5-7-9-18)29-26(36)22-12-20(27)14-34(22)24(35)16-33-15-23(30-31-33)32(3)4/h5-11,13,15,17,20,22,25,30-31H,12,14,16H2,1-4H3,(H,29,36)/t20-,22+,25+/m1/s1. The topological polar surface area (TPSA) is 92.8 Å². The largest absolute Gasteiger partial charge is 0.362 e. The maximum absolute atomic E-state index is 14.5. The molecule has 192 valence electrons. The van der Waals surface area contributed by atoms with Gasteiger partial charge in [0, 0.05) is 26.7 Å². The average molecular weight is 496 g/mol. The summed E-state index contributed by atoms with van der Waals surface area (Å²) in [6.07, 6.45) is 2.26. The Balaban J connectivity index is 1.51. The van der Waals surface area contributed by atoms with Crippen LogP contribution in [0.15, 0.2) is 60.7 Å². The summed E-state index contributed by atoms with van der Waals surface area (Å²) in [7, 11) is 3.74. The molecule has 2 amide bonds. The third kappa shape index (κ3) is 5.76. The molecule has 2 aromatic rings. The molecule has 10 heteroatoms. The number of carbonyl (C=O) groups excluding carboxylic acids is 2. The van der Waals surface area contributed by atoms with Crippen molar-refractivity contribution in [2.45, 2.75) is 44.4 Å². The van der Waals surface area contributed by atoms with Crippen LogP contribution in [0.4, 0.5) is 4.39 Å². The number of nitrogens with one attached hydrogen (secondary N) is 3. The number of likely N-dealkylation sites (tertiary alicyclic amines) is 1. The average Bonchev–Trinajstić information content (AvgIpc) is 3.50. The molecule has 0 bridgehead atoms. The van der Waals surface area contributed by atoms with E-state index in [9.17, 15) is 14.0 Å². The van der Waals surface area contributed by atoms with Crippen molar-refractivity contribution < 1.29 is 14.0 Å². The molecule has 1 aromatic carbocycles. The highest BCUT2D eigenvalue weighted by Crippen LogP contribution is 2.26. The number of hydrazine groups is 2. The molecular formula is C26H34FN7O2. The van der Waals surface area contributed by atoms with Gasteiger partial charge in [0.1, 0.15) is 24.6 Å². The zero-order chi connectivity index (χ0) is 25.8. The van der Waals surface area contributed by atoms with Gasteiger partial charge in [-0.3, -0.25) is 25.0 Å². The van der Waals surface area contributed by atoms with Crippen LogP contribution in [0.2, 0.25) is 0 Å². The Morgan fingerprint density at radius 2 is 1.92 bits per heavy atom. The molecule has 0 aliphatic carbocycles. The lowest BCUT2D eigenvalue weighted by Gasteiger charge is -2.28. The molecule has 0 radical (unpaired) electrons. The minimum absolute atomic E-state index is 0.0384. The van der Waals surface area contributed by atoms with Crippen molar-refractivity contribution in [1.82, 2.24) is 36.1 Å². The van der Waals surface area contributed by atoms with Crippen molar-refractivity contribution in [1.29, 1.82) is 0 Å². The molecule has 3 heterocycles. The normalized spacial score (nSPS) is 20.2. The van der Waals surface area contributed by atoms with Gasteiger partial charge in [-0.15, -0.1) is 5.53 Å². The van der Waals surface area contributed by atoms with Gasteiger partial charge in [0.2, 0.25) is 11.8 Å². The van der Waals surface area contributed by atoms with E-state index in [-0.39, 0.29) is 25.4 Å². The van der Waals surface area contributed by atoms with Crippen LogP contribution in [-0.2, 0) is 9.59 Å². The number of alkyl halides is 1. The van der Waals surface area contributed by atoms with E-state index < -0.39 is 24.2 Å². The smallest absolute Gasteiger partial charge is 0.244 e.